The number of alkyl halides is 2. The van der Waals surface area contributed by atoms with Gasteiger partial charge in [-0.15, -0.1) is 0 Å². The Morgan fingerprint density at radius 1 is 1.75 bits per heavy atom. The highest BCUT2D eigenvalue weighted by atomic mass is 19.3. The predicted molar refractivity (Wildman–Crippen MR) is 22.3 cm³/mol. The molecule has 0 amide bonds. The molecular formula is C4H5F2O2. The third-order valence-electron chi connectivity index (χ3n) is 0.661. The Labute approximate surface area is 45.1 Å². The largest absolute Gasteiger partial charge is 0.387 e. The zero-order valence-corrected chi connectivity index (χ0v) is 4.19. The van der Waals surface area contributed by atoms with E-state index in [1.807, 2.05) is 0 Å². The van der Waals surface area contributed by atoms with Gasteiger partial charge in [0.2, 0.25) is 0 Å². The zero-order valence-electron chi connectivity index (χ0n) is 4.19. The molecular weight excluding hydrogens is 118 g/mol. The summed E-state index contributed by atoms with van der Waals surface area (Å²) < 4.78 is 23.2. The van der Waals surface area contributed by atoms with Crippen LogP contribution in [0.25, 0.3) is 0 Å². The molecule has 47 valence electrons. The molecule has 0 aliphatic carbocycles. The van der Waals surface area contributed by atoms with Crippen molar-refractivity contribution in [1.82, 2.24) is 0 Å². The van der Waals surface area contributed by atoms with Crippen LogP contribution in [0.1, 0.15) is 6.92 Å². The van der Waals surface area contributed by atoms with Gasteiger partial charge in [-0.2, -0.15) is 8.78 Å². The summed E-state index contributed by atoms with van der Waals surface area (Å²) in [7, 11) is 0. The van der Waals surface area contributed by atoms with E-state index in [4.69, 9.17) is 5.11 Å². The van der Waals surface area contributed by atoms with Crippen molar-refractivity contribution in [2.45, 2.75) is 19.0 Å². The Balaban J connectivity index is 3.90. The van der Waals surface area contributed by atoms with E-state index in [0.717, 1.165) is 6.92 Å². The average Bonchev–Trinajstić information content (AvgIpc) is 1.67. The Bertz CT molecular complexity index is 90.0. The maximum atomic E-state index is 11.6. The Hall–Kier alpha value is -0.510. The van der Waals surface area contributed by atoms with Gasteiger partial charge in [0.25, 0.3) is 6.29 Å². The highest BCUT2D eigenvalue weighted by Crippen LogP contribution is 2.13. The fourth-order valence-corrected chi connectivity index (χ4v) is 0.0853. The molecule has 0 aromatic rings. The summed E-state index contributed by atoms with van der Waals surface area (Å²) in [6.07, 6.45) is -1.54. The molecule has 1 unspecified atom stereocenters. The minimum Gasteiger partial charge on any atom is -0.387 e. The number of rotatable bonds is 2. The molecule has 1 radical (unpaired) electrons. The Morgan fingerprint density at radius 3 is 2.12 bits per heavy atom. The van der Waals surface area contributed by atoms with Gasteiger partial charge in [-0.1, -0.05) is 0 Å². The maximum Gasteiger partial charge on any atom is 0.337 e. The molecule has 0 bridgehead atoms. The number of aliphatic hydroxyl groups excluding tert-OH is 1. The highest BCUT2D eigenvalue weighted by Gasteiger charge is 2.35. The standard InChI is InChI=1S/C4H5F2O2/c1-3(8)4(5,6)2-7/h3,8H,1H3. The third-order valence-corrected chi connectivity index (χ3v) is 0.661. The molecule has 0 saturated carbocycles. The van der Waals surface area contributed by atoms with E-state index in [-0.39, 0.29) is 0 Å². The van der Waals surface area contributed by atoms with Crippen LogP contribution < -0.4 is 0 Å². The molecule has 0 aromatic carbocycles. The van der Waals surface area contributed by atoms with Gasteiger partial charge >= 0.3 is 5.92 Å². The Morgan fingerprint density at radius 2 is 2.12 bits per heavy atom. The Kier molecular flexibility index (Phi) is 2.03. The summed E-state index contributed by atoms with van der Waals surface area (Å²) in [6.45, 7) is 0.824. The summed E-state index contributed by atoms with van der Waals surface area (Å²) in [6, 6.07) is 0. The van der Waals surface area contributed by atoms with Gasteiger partial charge in [0, 0.05) is 0 Å². The minimum absolute atomic E-state index is 0.407. The molecule has 4 heteroatoms. The molecule has 0 heterocycles. The van der Waals surface area contributed by atoms with Gasteiger partial charge in [0.05, 0.1) is 0 Å². The van der Waals surface area contributed by atoms with Crippen molar-refractivity contribution < 1.29 is 18.7 Å². The summed E-state index contributed by atoms with van der Waals surface area (Å²) in [5.74, 6) is -3.71. The van der Waals surface area contributed by atoms with Crippen LogP contribution in [0.5, 0.6) is 0 Å². The van der Waals surface area contributed by atoms with E-state index in [1.165, 1.54) is 0 Å². The zero-order chi connectivity index (χ0) is 6.78. The van der Waals surface area contributed by atoms with Gasteiger partial charge in [0.1, 0.15) is 6.10 Å². The first kappa shape index (κ1) is 7.49. The van der Waals surface area contributed by atoms with Gasteiger partial charge in [-0.3, -0.25) is 4.79 Å². The second-order valence-corrected chi connectivity index (χ2v) is 1.40. The quantitative estimate of drug-likeness (QED) is 0.566. The van der Waals surface area contributed by atoms with Crippen LogP contribution in [0.2, 0.25) is 0 Å². The fraction of sp³-hybridized carbons (Fsp3) is 0.750. The average molecular weight is 123 g/mol. The number of hydrogen-bond acceptors (Lipinski definition) is 2. The molecule has 0 aromatic heterocycles. The SMILES string of the molecule is CC(O)C(F)(F)[C]=O. The van der Waals surface area contributed by atoms with Crippen molar-refractivity contribution in [3.8, 4) is 0 Å². The fourth-order valence-electron chi connectivity index (χ4n) is 0.0853. The number of aliphatic hydroxyl groups is 1. The lowest BCUT2D eigenvalue weighted by molar-refractivity contribution is -0.0439. The first-order chi connectivity index (χ1) is 3.50. The van der Waals surface area contributed by atoms with E-state index >= 15 is 0 Å². The monoisotopic (exact) mass is 123 g/mol. The van der Waals surface area contributed by atoms with Gasteiger partial charge < -0.3 is 5.11 Å². The third kappa shape index (κ3) is 1.54. The minimum atomic E-state index is -3.71. The van der Waals surface area contributed by atoms with Crippen LogP contribution in [0.15, 0.2) is 0 Å². The molecule has 2 nitrogen and oxygen atoms in total. The summed E-state index contributed by atoms with van der Waals surface area (Å²) >= 11 is 0. The second-order valence-electron chi connectivity index (χ2n) is 1.40. The van der Waals surface area contributed by atoms with Crippen molar-refractivity contribution in [3.05, 3.63) is 0 Å². The summed E-state index contributed by atoms with van der Waals surface area (Å²) in [5, 5.41) is 8.07. The first-order valence-corrected chi connectivity index (χ1v) is 1.96. The lowest BCUT2D eigenvalue weighted by Gasteiger charge is -2.08. The maximum absolute atomic E-state index is 11.6. The normalized spacial score (nSPS) is 15.5. The number of hydrogen-bond donors (Lipinski definition) is 1. The highest BCUT2D eigenvalue weighted by molar-refractivity contribution is 5.61. The lowest BCUT2D eigenvalue weighted by Crippen LogP contribution is -2.31. The van der Waals surface area contributed by atoms with Crippen LogP contribution >= 0.6 is 0 Å². The van der Waals surface area contributed by atoms with Crippen LogP contribution in [0, 0.1) is 0 Å². The number of carbonyl (C=O) groups excluding carboxylic acids is 1. The van der Waals surface area contributed by atoms with Crippen LogP contribution in [-0.4, -0.2) is 23.4 Å². The topological polar surface area (TPSA) is 37.3 Å². The second kappa shape index (κ2) is 2.17. The molecule has 8 heavy (non-hydrogen) atoms. The van der Waals surface area contributed by atoms with E-state index in [9.17, 15) is 13.6 Å². The van der Waals surface area contributed by atoms with E-state index in [0.29, 0.717) is 6.29 Å². The van der Waals surface area contributed by atoms with E-state index in [1.54, 1.807) is 0 Å². The molecule has 0 fully saturated rings. The van der Waals surface area contributed by atoms with E-state index < -0.39 is 12.0 Å². The van der Waals surface area contributed by atoms with E-state index in [2.05, 4.69) is 0 Å². The van der Waals surface area contributed by atoms with Gasteiger partial charge in [-0.05, 0) is 6.92 Å². The van der Waals surface area contributed by atoms with Crippen LogP contribution in [0.3, 0.4) is 0 Å². The summed E-state index contributed by atoms with van der Waals surface area (Å²) in [4.78, 5) is 9.23. The van der Waals surface area contributed by atoms with Crippen LogP contribution in [-0.2, 0) is 4.79 Å². The predicted octanol–water partition coefficient (Wildman–Crippen LogP) is 0.112. The number of halogens is 2. The van der Waals surface area contributed by atoms with Crippen molar-refractivity contribution in [3.63, 3.8) is 0 Å². The molecule has 0 aliphatic rings. The molecule has 1 atom stereocenters. The molecule has 0 aliphatic heterocycles. The van der Waals surface area contributed by atoms with Gasteiger partial charge in [-0.25, -0.2) is 0 Å². The summed E-state index contributed by atoms with van der Waals surface area (Å²) in [5.41, 5.74) is 0. The van der Waals surface area contributed by atoms with Gasteiger partial charge in [0.15, 0.2) is 0 Å². The first-order valence-electron chi connectivity index (χ1n) is 1.96. The van der Waals surface area contributed by atoms with Crippen molar-refractivity contribution in [2.24, 2.45) is 0 Å². The smallest absolute Gasteiger partial charge is 0.337 e. The van der Waals surface area contributed by atoms with Crippen molar-refractivity contribution in [1.29, 1.82) is 0 Å². The van der Waals surface area contributed by atoms with Crippen LogP contribution in [0.4, 0.5) is 8.78 Å². The van der Waals surface area contributed by atoms with Crippen molar-refractivity contribution >= 4 is 6.29 Å². The molecule has 0 rings (SSSR count). The molecule has 0 spiro atoms. The van der Waals surface area contributed by atoms with Crippen molar-refractivity contribution in [2.75, 3.05) is 0 Å². The molecule has 1 N–H and O–H groups in total. The molecule has 0 saturated heterocycles. The lowest BCUT2D eigenvalue weighted by atomic mass is 10.2.